The van der Waals surface area contributed by atoms with E-state index >= 15 is 0 Å². The molecule has 5 nitrogen and oxygen atoms in total. The van der Waals surface area contributed by atoms with E-state index in [0.29, 0.717) is 18.1 Å². The number of carbonyl (C=O) groups excluding carboxylic acids is 1. The summed E-state index contributed by atoms with van der Waals surface area (Å²) in [5.41, 5.74) is 3.47. The van der Waals surface area contributed by atoms with Crippen LogP contribution in [0, 0.1) is 0 Å². The number of aromatic nitrogens is 2. The van der Waals surface area contributed by atoms with Gasteiger partial charge in [-0.15, -0.1) is 5.10 Å². The molecule has 2 aromatic rings. The Bertz CT molecular complexity index is 842. The van der Waals surface area contributed by atoms with E-state index in [1.807, 2.05) is 35.2 Å². The van der Waals surface area contributed by atoms with E-state index in [1.54, 1.807) is 6.08 Å². The average molecular weight is 383 g/mol. The smallest absolute Gasteiger partial charge is 0.246 e. The number of nitrogens with zero attached hydrogens (tertiary/aromatic N) is 4. The third-order valence-electron chi connectivity index (χ3n) is 5.26. The molecule has 1 aromatic heterocycles. The number of halogens is 1. The van der Waals surface area contributed by atoms with Gasteiger partial charge in [0.25, 0.3) is 0 Å². The van der Waals surface area contributed by atoms with Crippen molar-refractivity contribution in [2.24, 2.45) is 0 Å². The lowest BCUT2D eigenvalue weighted by Crippen LogP contribution is -2.48. The van der Waals surface area contributed by atoms with E-state index in [1.165, 1.54) is 18.4 Å². The number of rotatable bonds is 3. The second kappa shape index (κ2) is 8.09. The average Bonchev–Trinajstić information content (AvgIpc) is 2.73. The SMILES string of the molecule is O=C(C=Cc1ccc(Cl)cc1)N1CCN(c2cc3c(nn2)CCCC3)CC1. The Labute approximate surface area is 164 Å². The highest BCUT2D eigenvalue weighted by atomic mass is 35.5. The molecule has 0 spiro atoms. The van der Waals surface area contributed by atoms with Crippen molar-refractivity contribution in [2.45, 2.75) is 25.7 Å². The summed E-state index contributed by atoms with van der Waals surface area (Å²) >= 11 is 5.89. The number of fused-ring (bicyclic) bond motifs is 1. The van der Waals surface area contributed by atoms with Gasteiger partial charge in [0.1, 0.15) is 0 Å². The molecule has 0 unspecified atom stereocenters. The van der Waals surface area contributed by atoms with Crippen LogP contribution < -0.4 is 4.90 Å². The largest absolute Gasteiger partial charge is 0.352 e. The second-order valence-electron chi connectivity index (χ2n) is 7.08. The van der Waals surface area contributed by atoms with Gasteiger partial charge in [-0.25, -0.2) is 0 Å². The van der Waals surface area contributed by atoms with Gasteiger partial charge in [-0.05, 0) is 61.1 Å². The summed E-state index contributed by atoms with van der Waals surface area (Å²) in [6.07, 6.45) is 8.07. The van der Waals surface area contributed by atoms with Crippen molar-refractivity contribution in [1.82, 2.24) is 15.1 Å². The maximum atomic E-state index is 12.4. The van der Waals surface area contributed by atoms with Gasteiger partial charge in [-0.1, -0.05) is 23.7 Å². The van der Waals surface area contributed by atoms with E-state index in [4.69, 9.17) is 11.6 Å². The summed E-state index contributed by atoms with van der Waals surface area (Å²) in [7, 11) is 0. The summed E-state index contributed by atoms with van der Waals surface area (Å²) in [6, 6.07) is 9.64. The van der Waals surface area contributed by atoms with Crippen LogP contribution in [0.2, 0.25) is 5.02 Å². The van der Waals surface area contributed by atoms with Crippen LogP contribution in [0.15, 0.2) is 36.4 Å². The molecule has 1 aliphatic heterocycles. The van der Waals surface area contributed by atoms with Gasteiger partial charge in [0.2, 0.25) is 5.91 Å². The number of benzene rings is 1. The van der Waals surface area contributed by atoms with Crippen molar-refractivity contribution in [3.05, 3.63) is 58.3 Å². The number of amides is 1. The molecule has 1 aliphatic carbocycles. The molecule has 1 saturated heterocycles. The maximum Gasteiger partial charge on any atom is 0.246 e. The number of anilines is 1. The molecule has 0 atom stereocenters. The molecule has 0 bridgehead atoms. The van der Waals surface area contributed by atoms with E-state index in [9.17, 15) is 4.79 Å². The van der Waals surface area contributed by atoms with Crippen LogP contribution in [0.4, 0.5) is 5.82 Å². The second-order valence-corrected chi connectivity index (χ2v) is 7.52. The van der Waals surface area contributed by atoms with Crippen LogP contribution in [0.3, 0.4) is 0 Å². The Hall–Kier alpha value is -2.40. The first-order valence-corrected chi connectivity index (χ1v) is 9.90. The third kappa shape index (κ3) is 4.30. The fourth-order valence-electron chi connectivity index (χ4n) is 3.64. The summed E-state index contributed by atoms with van der Waals surface area (Å²) in [5, 5.41) is 9.54. The minimum atomic E-state index is 0.0427. The first kappa shape index (κ1) is 18.0. The summed E-state index contributed by atoms with van der Waals surface area (Å²) in [6.45, 7) is 2.97. The zero-order chi connectivity index (χ0) is 18.6. The molecule has 1 fully saturated rings. The quantitative estimate of drug-likeness (QED) is 0.764. The normalized spacial score (nSPS) is 17.2. The third-order valence-corrected chi connectivity index (χ3v) is 5.51. The molecule has 0 radical (unpaired) electrons. The predicted octanol–water partition coefficient (Wildman–Crippen LogP) is 3.37. The molecule has 2 heterocycles. The molecule has 4 rings (SSSR count). The first-order valence-electron chi connectivity index (χ1n) is 9.52. The Balaban J connectivity index is 1.34. The van der Waals surface area contributed by atoms with Crippen molar-refractivity contribution in [3.63, 3.8) is 0 Å². The van der Waals surface area contributed by atoms with Gasteiger partial charge in [-0.3, -0.25) is 4.79 Å². The molecule has 1 amide bonds. The molecule has 1 aromatic carbocycles. The molecule has 0 saturated carbocycles. The molecule has 140 valence electrons. The van der Waals surface area contributed by atoms with E-state index in [-0.39, 0.29) is 5.91 Å². The number of aryl methyl sites for hydroxylation is 2. The van der Waals surface area contributed by atoms with Crippen molar-refractivity contribution in [1.29, 1.82) is 0 Å². The van der Waals surface area contributed by atoms with Crippen molar-refractivity contribution < 1.29 is 4.79 Å². The van der Waals surface area contributed by atoms with Crippen LogP contribution >= 0.6 is 11.6 Å². The zero-order valence-corrected chi connectivity index (χ0v) is 16.0. The Kier molecular flexibility index (Phi) is 5.39. The Morgan fingerprint density at radius 1 is 1.00 bits per heavy atom. The lowest BCUT2D eigenvalue weighted by molar-refractivity contribution is -0.126. The van der Waals surface area contributed by atoms with Gasteiger partial charge in [0, 0.05) is 37.3 Å². The lowest BCUT2D eigenvalue weighted by atomic mass is 9.97. The highest BCUT2D eigenvalue weighted by Crippen LogP contribution is 2.23. The van der Waals surface area contributed by atoms with Crippen LogP contribution in [0.1, 0.15) is 29.7 Å². The van der Waals surface area contributed by atoms with Crippen molar-refractivity contribution >= 4 is 29.4 Å². The Morgan fingerprint density at radius 2 is 1.74 bits per heavy atom. The van der Waals surface area contributed by atoms with Crippen LogP contribution in [0.25, 0.3) is 6.08 Å². The number of carbonyl (C=O) groups is 1. The maximum absolute atomic E-state index is 12.4. The highest BCUT2D eigenvalue weighted by molar-refractivity contribution is 6.30. The molecule has 27 heavy (non-hydrogen) atoms. The molecule has 0 N–H and O–H groups in total. The van der Waals surface area contributed by atoms with E-state index in [2.05, 4.69) is 21.2 Å². The molecule has 6 heteroatoms. The van der Waals surface area contributed by atoms with Crippen molar-refractivity contribution in [2.75, 3.05) is 31.1 Å². The number of hydrogen-bond acceptors (Lipinski definition) is 4. The zero-order valence-electron chi connectivity index (χ0n) is 15.3. The first-order chi connectivity index (χ1) is 13.2. The fraction of sp³-hybridized carbons (Fsp3) is 0.381. The van der Waals surface area contributed by atoms with Crippen LogP contribution in [-0.4, -0.2) is 47.2 Å². The van der Waals surface area contributed by atoms with Crippen LogP contribution in [-0.2, 0) is 17.6 Å². The topological polar surface area (TPSA) is 49.3 Å². The Morgan fingerprint density at radius 3 is 2.52 bits per heavy atom. The van der Waals surface area contributed by atoms with E-state index in [0.717, 1.165) is 43.0 Å². The molecule has 2 aliphatic rings. The van der Waals surface area contributed by atoms with Gasteiger partial charge in [-0.2, -0.15) is 5.10 Å². The number of piperazine rings is 1. The lowest BCUT2D eigenvalue weighted by Gasteiger charge is -2.35. The molecular weight excluding hydrogens is 360 g/mol. The highest BCUT2D eigenvalue weighted by Gasteiger charge is 2.22. The van der Waals surface area contributed by atoms with Gasteiger partial charge < -0.3 is 9.80 Å². The number of hydrogen-bond donors (Lipinski definition) is 0. The monoisotopic (exact) mass is 382 g/mol. The predicted molar refractivity (Wildman–Crippen MR) is 108 cm³/mol. The van der Waals surface area contributed by atoms with Gasteiger partial charge >= 0.3 is 0 Å². The standard InChI is InChI=1S/C21H23ClN4O/c22-18-8-5-16(6-9-18)7-10-21(27)26-13-11-25(12-14-26)20-15-17-3-1-2-4-19(17)23-24-20/h5-10,15H,1-4,11-14H2. The summed E-state index contributed by atoms with van der Waals surface area (Å²) < 4.78 is 0. The minimum Gasteiger partial charge on any atom is -0.352 e. The van der Waals surface area contributed by atoms with E-state index < -0.39 is 0 Å². The molecular formula is C21H23ClN4O. The summed E-state index contributed by atoms with van der Waals surface area (Å²) in [4.78, 5) is 16.6. The van der Waals surface area contributed by atoms with Gasteiger partial charge in [0.15, 0.2) is 5.82 Å². The van der Waals surface area contributed by atoms with Crippen molar-refractivity contribution in [3.8, 4) is 0 Å². The summed E-state index contributed by atoms with van der Waals surface area (Å²) in [5.74, 6) is 0.987. The minimum absolute atomic E-state index is 0.0427. The van der Waals surface area contributed by atoms with Crippen LogP contribution in [0.5, 0.6) is 0 Å². The van der Waals surface area contributed by atoms with Gasteiger partial charge in [0.05, 0.1) is 5.69 Å². The fourth-order valence-corrected chi connectivity index (χ4v) is 3.76.